The molecule has 0 fully saturated rings. The molecule has 15 heavy (non-hydrogen) atoms. The number of rotatable bonds is 4. The summed E-state index contributed by atoms with van der Waals surface area (Å²) in [6, 6.07) is 3.28. The van der Waals surface area contributed by atoms with Crippen LogP contribution in [-0.4, -0.2) is 16.9 Å². The fourth-order valence-electron chi connectivity index (χ4n) is 1.27. The van der Waals surface area contributed by atoms with Crippen molar-refractivity contribution >= 4 is 11.7 Å². The lowest BCUT2D eigenvalue weighted by Crippen LogP contribution is -2.35. The highest BCUT2D eigenvalue weighted by atomic mass is 16.2. The zero-order chi connectivity index (χ0) is 11.3. The molecular formula is C11H17N3O. The van der Waals surface area contributed by atoms with Crippen molar-refractivity contribution in [1.82, 2.24) is 4.98 Å². The number of hydrogen-bond donors (Lipinski definition) is 2. The monoisotopic (exact) mass is 207 g/mol. The van der Waals surface area contributed by atoms with Gasteiger partial charge in [0.05, 0.1) is 6.04 Å². The minimum Gasteiger partial charge on any atom is -0.320 e. The molecule has 0 aliphatic rings. The number of nitrogens with one attached hydrogen (secondary N) is 1. The van der Waals surface area contributed by atoms with Crippen LogP contribution in [0.2, 0.25) is 0 Å². The van der Waals surface area contributed by atoms with E-state index in [1.807, 2.05) is 26.0 Å². The smallest absolute Gasteiger partial charge is 0.242 e. The Bertz CT molecular complexity index is 338. The summed E-state index contributed by atoms with van der Waals surface area (Å²) in [4.78, 5) is 15.7. The number of carbonyl (C=O) groups excluding carboxylic acids is 1. The number of carbonyl (C=O) groups is 1. The van der Waals surface area contributed by atoms with Gasteiger partial charge in [0, 0.05) is 6.20 Å². The van der Waals surface area contributed by atoms with Crippen molar-refractivity contribution in [3.05, 3.63) is 23.9 Å². The number of aryl methyl sites for hydroxylation is 1. The highest BCUT2D eigenvalue weighted by Gasteiger charge is 2.13. The van der Waals surface area contributed by atoms with Crippen LogP contribution in [0.25, 0.3) is 0 Å². The third-order valence-corrected chi connectivity index (χ3v) is 2.19. The molecule has 3 N–H and O–H groups in total. The lowest BCUT2D eigenvalue weighted by molar-refractivity contribution is -0.117. The van der Waals surface area contributed by atoms with E-state index in [0.717, 1.165) is 12.0 Å². The summed E-state index contributed by atoms with van der Waals surface area (Å²) < 4.78 is 0. The first-order chi connectivity index (χ1) is 7.15. The van der Waals surface area contributed by atoms with Crippen molar-refractivity contribution in [2.45, 2.75) is 32.7 Å². The molecule has 1 rings (SSSR count). The van der Waals surface area contributed by atoms with E-state index >= 15 is 0 Å². The van der Waals surface area contributed by atoms with E-state index in [4.69, 9.17) is 5.73 Å². The first-order valence-corrected chi connectivity index (χ1v) is 5.13. The Labute approximate surface area is 89.9 Å². The van der Waals surface area contributed by atoms with E-state index in [2.05, 4.69) is 10.3 Å². The van der Waals surface area contributed by atoms with Crippen LogP contribution in [-0.2, 0) is 4.79 Å². The Balaban J connectivity index is 2.62. The average Bonchev–Trinajstić information content (AvgIpc) is 2.21. The van der Waals surface area contributed by atoms with Crippen LogP contribution in [0, 0.1) is 6.92 Å². The molecule has 0 bridgehead atoms. The zero-order valence-electron chi connectivity index (χ0n) is 9.16. The predicted octanol–water partition coefficient (Wildman–Crippen LogP) is 1.46. The summed E-state index contributed by atoms with van der Waals surface area (Å²) in [7, 11) is 0. The van der Waals surface area contributed by atoms with E-state index in [1.54, 1.807) is 6.20 Å². The number of nitrogens with zero attached hydrogens (tertiary/aromatic N) is 1. The molecule has 0 unspecified atom stereocenters. The van der Waals surface area contributed by atoms with Gasteiger partial charge in [-0.25, -0.2) is 4.98 Å². The highest BCUT2D eigenvalue weighted by Crippen LogP contribution is 2.09. The molecule has 0 saturated carbocycles. The lowest BCUT2D eigenvalue weighted by atomic mass is 10.1. The number of anilines is 1. The molecule has 0 aliphatic carbocycles. The van der Waals surface area contributed by atoms with Crippen molar-refractivity contribution < 1.29 is 4.79 Å². The van der Waals surface area contributed by atoms with Crippen LogP contribution in [0.4, 0.5) is 5.82 Å². The first-order valence-electron chi connectivity index (χ1n) is 5.13. The number of pyridine rings is 1. The predicted molar refractivity (Wildman–Crippen MR) is 60.5 cm³/mol. The van der Waals surface area contributed by atoms with E-state index < -0.39 is 6.04 Å². The van der Waals surface area contributed by atoms with Crippen molar-refractivity contribution in [2.24, 2.45) is 5.73 Å². The zero-order valence-corrected chi connectivity index (χ0v) is 9.16. The standard InChI is InChI=1S/C11H17N3O/c1-3-5-9(12)11(15)14-10-8(2)6-4-7-13-10/h4,6-7,9H,3,5,12H2,1-2H3,(H,13,14,15)/t9-/m0/s1. The second-order valence-electron chi connectivity index (χ2n) is 3.55. The third-order valence-electron chi connectivity index (χ3n) is 2.19. The van der Waals surface area contributed by atoms with E-state index in [-0.39, 0.29) is 5.91 Å². The maximum absolute atomic E-state index is 11.6. The van der Waals surface area contributed by atoms with Crippen LogP contribution in [0.3, 0.4) is 0 Å². The van der Waals surface area contributed by atoms with Crippen LogP contribution >= 0.6 is 0 Å². The molecule has 1 aromatic rings. The summed E-state index contributed by atoms with van der Waals surface area (Å²) in [5.74, 6) is 0.424. The van der Waals surface area contributed by atoms with Crippen molar-refractivity contribution in [2.75, 3.05) is 5.32 Å². The Kier molecular flexibility index (Phi) is 4.24. The van der Waals surface area contributed by atoms with Crippen molar-refractivity contribution in [3.63, 3.8) is 0 Å². The van der Waals surface area contributed by atoms with E-state index in [9.17, 15) is 4.79 Å². The maximum Gasteiger partial charge on any atom is 0.242 e. The second-order valence-corrected chi connectivity index (χ2v) is 3.55. The van der Waals surface area contributed by atoms with Crippen LogP contribution < -0.4 is 11.1 Å². The first kappa shape index (κ1) is 11.7. The second kappa shape index (κ2) is 5.46. The molecule has 1 amide bonds. The van der Waals surface area contributed by atoms with Gasteiger partial charge in [-0.3, -0.25) is 4.79 Å². The topological polar surface area (TPSA) is 68.0 Å². The van der Waals surface area contributed by atoms with Gasteiger partial charge in [0.15, 0.2) is 0 Å². The van der Waals surface area contributed by atoms with Gasteiger partial charge in [-0.2, -0.15) is 0 Å². The molecule has 1 aromatic heterocycles. The van der Waals surface area contributed by atoms with Crippen LogP contribution in [0.1, 0.15) is 25.3 Å². The molecule has 0 aliphatic heterocycles. The SMILES string of the molecule is CCC[C@H](N)C(=O)Nc1ncccc1C. The third kappa shape index (κ3) is 3.32. The van der Waals surface area contributed by atoms with E-state index in [1.165, 1.54) is 0 Å². The fourth-order valence-corrected chi connectivity index (χ4v) is 1.27. The largest absolute Gasteiger partial charge is 0.320 e. The van der Waals surface area contributed by atoms with Crippen LogP contribution in [0.15, 0.2) is 18.3 Å². The van der Waals surface area contributed by atoms with Gasteiger partial charge in [-0.1, -0.05) is 19.4 Å². The molecule has 0 spiro atoms. The summed E-state index contributed by atoms with van der Waals surface area (Å²) in [6.45, 7) is 3.90. The molecule has 82 valence electrons. The number of nitrogens with two attached hydrogens (primary N) is 1. The average molecular weight is 207 g/mol. The molecule has 1 atom stereocenters. The van der Waals surface area contributed by atoms with Gasteiger partial charge >= 0.3 is 0 Å². The van der Waals surface area contributed by atoms with E-state index in [0.29, 0.717) is 12.2 Å². The summed E-state index contributed by atoms with van der Waals surface area (Å²) in [5, 5.41) is 2.72. The van der Waals surface area contributed by atoms with Crippen molar-refractivity contribution in [3.8, 4) is 0 Å². The summed E-state index contributed by atoms with van der Waals surface area (Å²) >= 11 is 0. The minimum atomic E-state index is -0.448. The number of amides is 1. The Morgan fingerprint density at radius 2 is 2.40 bits per heavy atom. The molecule has 1 heterocycles. The maximum atomic E-state index is 11.6. The number of aromatic nitrogens is 1. The summed E-state index contributed by atoms with van der Waals surface area (Å²) in [6.07, 6.45) is 3.24. The van der Waals surface area contributed by atoms with Gasteiger partial charge in [-0.15, -0.1) is 0 Å². The molecular weight excluding hydrogens is 190 g/mol. The summed E-state index contributed by atoms with van der Waals surface area (Å²) in [5.41, 5.74) is 6.63. The van der Waals surface area contributed by atoms with Gasteiger partial charge in [-0.05, 0) is 25.0 Å². The molecule has 4 nitrogen and oxygen atoms in total. The molecule has 4 heteroatoms. The van der Waals surface area contributed by atoms with Crippen molar-refractivity contribution in [1.29, 1.82) is 0 Å². The molecule has 0 aromatic carbocycles. The van der Waals surface area contributed by atoms with Crippen LogP contribution in [0.5, 0.6) is 0 Å². The lowest BCUT2D eigenvalue weighted by Gasteiger charge is -2.11. The van der Waals surface area contributed by atoms with Gasteiger partial charge in [0.1, 0.15) is 5.82 Å². The Morgan fingerprint density at radius 3 is 3.00 bits per heavy atom. The Morgan fingerprint density at radius 1 is 1.67 bits per heavy atom. The number of hydrogen-bond acceptors (Lipinski definition) is 3. The van der Waals surface area contributed by atoms with Gasteiger partial charge in [0.2, 0.25) is 5.91 Å². The molecule has 0 radical (unpaired) electrons. The molecule has 0 saturated heterocycles. The fraction of sp³-hybridized carbons (Fsp3) is 0.455. The van der Waals surface area contributed by atoms with Gasteiger partial charge < -0.3 is 11.1 Å². The minimum absolute atomic E-state index is 0.168. The highest BCUT2D eigenvalue weighted by molar-refractivity contribution is 5.94. The Hall–Kier alpha value is -1.42. The van der Waals surface area contributed by atoms with Gasteiger partial charge in [0.25, 0.3) is 0 Å². The normalized spacial score (nSPS) is 12.2. The quantitative estimate of drug-likeness (QED) is 0.785.